The second kappa shape index (κ2) is 5.86. The van der Waals surface area contributed by atoms with Gasteiger partial charge in [0, 0.05) is 0 Å². The van der Waals surface area contributed by atoms with Crippen molar-refractivity contribution in [2.75, 3.05) is 6.61 Å². The quantitative estimate of drug-likeness (QED) is 0.679. The lowest BCUT2D eigenvalue weighted by Gasteiger charge is -2.29. The van der Waals surface area contributed by atoms with Gasteiger partial charge in [0.15, 0.2) is 5.41 Å². The highest BCUT2D eigenvalue weighted by molar-refractivity contribution is 5.99. The summed E-state index contributed by atoms with van der Waals surface area (Å²) in [5.74, 6) is -2.18. The van der Waals surface area contributed by atoms with Gasteiger partial charge in [-0.2, -0.15) is 0 Å². The predicted octanol–water partition coefficient (Wildman–Crippen LogP) is 2.64. The van der Waals surface area contributed by atoms with Crippen molar-refractivity contribution in [3.8, 4) is 0 Å². The zero-order chi connectivity index (χ0) is 14.6. The molecule has 106 valence electrons. The molecule has 0 amide bonds. The molecule has 1 aromatic carbocycles. The summed E-state index contributed by atoms with van der Waals surface area (Å²) in [6.07, 6.45) is 4.18. The van der Waals surface area contributed by atoms with Gasteiger partial charge in [-0.25, -0.2) is 4.39 Å². The van der Waals surface area contributed by atoms with E-state index in [1.807, 2.05) is 0 Å². The minimum atomic E-state index is -1.49. The van der Waals surface area contributed by atoms with E-state index in [2.05, 4.69) is 0 Å². The molecule has 20 heavy (non-hydrogen) atoms. The molecular weight excluding hydrogens is 263 g/mol. The standard InChI is InChI=1S/C15H15FO4/c16-12-6-4-11(5-7-12)3-1-8-15(13(17)18)9-2-10-20-14(15)19/h1,3-7H,2,8-10H2,(H,17,18)/b3-1+/t15-/m0/s1. The topological polar surface area (TPSA) is 63.6 Å². The number of aliphatic carboxylic acids is 1. The number of allylic oxidation sites excluding steroid dienone is 1. The number of carboxylic acid groups (broad SMARTS) is 1. The molecule has 4 nitrogen and oxygen atoms in total. The van der Waals surface area contributed by atoms with Gasteiger partial charge in [-0.1, -0.05) is 24.3 Å². The van der Waals surface area contributed by atoms with Gasteiger partial charge in [0.1, 0.15) is 5.82 Å². The van der Waals surface area contributed by atoms with Crippen LogP contribution in [0.15, 0.2) is 30.3 Å². The van der Waals surface area contributed by atoms with E-state index in [0.717, 1.165) is 5.56 Å². The van der Waals surface area contributed by atoms with Crippen LogP contribution in [-0.4, -0.2) is 23.7 Å². The van der Waals surface area contributed by atoms with Crippen LogP contribution >= 0.6 is 0 Å². The second-order valence-electron chi connectivity index (χ2n) is 4.78. The van der Waals surface area contributed by atoms with Crippen LogP contribution < -0.4 is 0 Å². The summed E-state index contributed by atoms with van der Waals surface area (Å²) in [6.45, 7) is 0.273. The summed E-state index contributed by atoms with van der Waals surface area (Å²) in [5, 5.41) is 9.31. The van der Waals surface area contributed by atoms with Crippen molar-refractivity contribution in [1.82, 2.24) is 0 Å². The summed E-state index contributed by atoms with van der Waals surface area (Å²) in [6, 6.07) is 5.81. The SMILES string of the molecule is O=C(O)[C@]1(C/C=C/c2ccc(F)cc2)CCCOC1=O. The fourth-order valence-corrected chi connectivity index (χ4v) is 2.22. The smallest absolute Gasteiger partial charge is 0.323 e. The highest BCUT2D eigenvalue weighted by Crippen LogP contribution is 2.34. The highest BCUT2D eigenvalue weighted by atomic mass is 19.1. The molecule has 0 aliphatic carbocycles. The third-order valence-electron chi connectivity index (χ3n) is 3.43. The Kier molecular flexibility index (Phi) is 4.17. The Hall–Kier alpha value is -2.17. The molecule has 1 aromatic rings. The highest BCUT2D eigenvalue weighted by Gasteiger charge is 2.48. The first-order chi connectivity index (χ1) is 9.54. The summed E-state index contributed by atoms with van der Waals surface area (Å²) in [4.78, 5) is 23.1. The van der Waals surface area contributed by atoms with Crippen molar-refractivity contribution < 1.29 is 23.8 Å². The van der Waals surface area contributed by atoms with Crippen LogP contribution in [0.2, 0.25) is 0 Å². The average Bonchev–Trinajstić information content (AvgIpc) is 2.43. The zero-order valence-corrected chi connectivity index (χ0v) is 10.8. The molecule has 1 aliphatic rings. The monoisotopic (exact) mass is 278 g/mol. The number of carbonyl (C=O) groups excluding carboxylic acids is 1. The molecule has 0 unspecified atom stereocenters. The molecule has 2 rings (SSSR count). The first-order valence-corrected chi connectivity index (χ1v) is 6.37. The largest absolute Gasteiger partial charge is 0.480 e. The van der Waals surface area contributed by atoms with Crippen LogP contribution in [0.3, 0.4) is 0 Å². The van der Waals surface area contributed by atoms with Crippen LogP contribution in [0.4, 0.5) is 4.39 Å². The first kappa shape index (κ1) is 14.2. The third-order valence-corrected chi connectivity index (χ3v) is 3.43. The lowest BCUT2D eigenvalue weighted by Crippen LogP contribution is -2.43. The molecule has 1 N–H and O–H groups in total. The van der Waals surface area contributed by atoms with E-state index in [4.69, 9.17) is 4.74 Å². The molecule has 1 fully saturated rings. The van der Waals surface area contributed by atoms with Crippen molar-refractivity contribution in [2.24, 2.45) is 5.41 Å². The summed E-state index contributed by atoms with van der Waals surface area (Å²) in [5.41, 5.74) is -0.745. The number of halogens is 1. The number of hydrogen-bond donors (Lipinski definition) is 1. The van der Waals surface area contributed by atoms with E-state index >= 15 is 0 Å². The van der Waals surface area contributed by atoms with Crippen molar-refractivity contribution in [2.45, 2.75) is 19.3 Å². The number of benzene rings is 1. The molecule has 1 aliphatic heterocycles. The lowest BCUT2D eigenvalue weighted by atomic mass is 9.78. The van der Waals surface area contributed by atoms with Gasteiger partial charge < -0.3 is 9.84 Å². The van der Waals surface area contributed by atoms with Crippen LogP contribution in [0.25, 0.3) is 6.08 Å². The van der Waals surface area contributed by atoms with E-state index in [9.17, 15) is 19.1 Å². The molecule has 1 atom stereocenters. The van der Waals surface area contributed by atoms with Gasteiger partial charge in [-0.15, -0.1) is 0 Å². The van der Waals surface area contributed by atoms with Gasteiger partial charge in [0.2, 0.25) is 0 Å². The minimum Gasteiger partial charge on any atom is -0.480 e. The van der Waals surface area contributed by atoms with Gasteiger partial charge in [-0.05, 0) is 37.0 Å². The minimum absolute atomic E-state index is 0.0680. The van der Waals surface area contributed by atoms with Gasteiger partial charge >= 0.3 is 11.9 Å². The average molecular weight is 278 g/mol. The van der Waals surface area contributed by atoms with Crippen LogP contribution in [0.5, 0.6) is 0 Å². The van der Waals surface area contributed by atoms with Crippen molar-refractivity contribution >= 4 is 18.0 Å². The normalized spacial score (nSPS) is 22.8. The van der Waals surface area contributed by atoms with Crippen molar-refractivity contribution in [3.05, 3.63) is 41.7 Å². The Balaban J connectivity index is 2.11. The van der Waals surface area contributed by atoms with E-state index in [1.54, 1.807) is 24.3 Å². The lowest BCUT2D eigenvalue weighted by molar-refractivity contribution is -0.174. The second-order valence-corrected chi connectivity index (χ2v) is 4.78. The first-order valence-electron chi connectivity index (χ1n) is 6.37. The van der Waals surface area contributed by atoms with Crippen molar-refractivity contribution in [1.29, 1.82) is 0 Å². The number of carboxylic acids is 1. The number of cyclic esters (lactones) is 1. The van der Waals surface area contributed by atoms with E-state index < -0.39 is 17.4 Å². The Labute approximate surface area is 115 Å². The maximum absolute atomic E-state index is 12.8. The molecule has 0 saturated carbocycles. The van der Waals surface area contributed by atoms with E-state index in [-0.39, 0.29) is 25.3 Å². The number of carbonyl (C=O) groups is 2. The maximum Gasteiger partial charge on any atom is 0.323 e. The molecule has 5 heteroatoms. The van der Waals surface area contributed by atoms with E-state index in [1.165, 1.54) is 12.1 Å². The molecule has 1 saturated heterocycles. The van der Waals surface area contributed by atoms with Gasteiger partial charge in [-0.3, -0.25) is 9.59 Å². The van der Waals surface area contributed by atoms with Crippen LogP contribution in [0.1, 0.15) is 24.8 Å². The Bertz CT molecular complexity index is 535. The number of esters is 1. The molecule has 1 heterocycles. The van der Waals surface area contributed by atoms with Gasteiger partial charge in [0.05, 0.1) is 6.61 Å². The maximum atomic E-state index is 12.8. The molecular formula is C15H15FO4. The Morgan fingerprint density at radius 2 is 2.10 bits per heavy atom. The fourth-order valence-electron chi connectivity index (χ4n) is 2.22. The zero-order valence-electron chi connectivity index (χ0n) is 10.8. The van der Waals surface area contributed by atoms with Crippen molar-refractivity contribution in [3.63, 3.8) is 0 Å². The number of rotatable bonds is 4. The molecule has 0 aromatic heterocycles. The molecule has 0 spiro atoms. The fraction of sp³-hybridized carbons (Fsp3) is 0.333. The number of hydrogen-bond acceptors (Lipinski definition) is 3. The van der Waals surface area contributed by atoms with Crippen LogP contribution in [0, 0.1) is 11.2 Å². The van der Waals surface area contributed by atoms with E-state index in [0.29, 0.717) is 6.42 Å². The summed E-state index contributed by atoms with van der Waals surface area (Å²) in [7, 11) is 0. The molecule has 0 bridgehead atoms. The van der Waals surface area contributed by atoms with Crippen LogP contribution in [-0.2, 0) is 14.3 Å². The summed E-state index contributed by atoms with van der Waals surface area (Å²) >= 11 is 0. The Morgan fingerprint density at radius 1 is 1.40 bits per heavy atom. The third kappa shape index (κ3) is 2.87. The van der Waals surface area contributed by atoms with Gasteiger partial charge in [0.25, 0.3) is 0 Å². The molecule has 0 radical (unpaired) electrons. The number of ether oxygens (including phenoxy) is 1. The Morgan fingerprint density at radius 3 is 2.70 bits per heavy atom. The predicted molar refractivity (Wildman–Crippen MR) is 70.3 cm³/mol. The summed E-state index contributed by atoms with van der Waals surface area (Å²) < 4.78 is 17.6.